The smallest absolute Gasteiger partial charge is 0.174 e. The molecular formula is C31H31ClN4OS. The number of anilines is 2. The summed E-state index contributed by atoms with van der Waals surface area (Å²) < 4.78 is 6.47. The first kappa shape index (κ1) is 25.0. The molecule has 0 aliphatic carbocycles. The zero-order valence-corrected chi connectivity index (χ0v) is 23.1. The SMILES string of the molecule is C[C@@H]1C[C@H](C)CN(c2ccc(N3C(=S)N[C@H](c4ccccn4)[C@@H]3c3ccc(-c4ccccc4)o3)cc2Cl)C1. The van der Waals surface area contributed by atoms with Crippen molar-refractivity contribution >= 4 is 40.3 Å². The average Bonchev–Trinajstić information content (AvgIpc) is 3.54. The van der Waals surface area contributed by atoms with Gasteiger partial charge in [-0.25, -0.2) is 0 Å². The molecule has 38 heavy (non-hydrogen) atoms. The summed E-state index contributed by atoms with van der Waals surface area (Å²) in [6.07, 6.45) is 3.06. The van der Waals surface area contributed by atoms with Crippen molar-refractivity contribution in [1.82, 2.24) is 10.3 Å². The molecule has 0 bridgehead atoms. The molecule has 2 aliphatic heterocycles. The molecule has 4 atom stereocenters. The van der Waals surface area contributed by atoms with E-state index in [9.17, 15) is 0 Å². The summed E-state index contributed by atoms with van der Waals surface area (Å²) in [5, 5.41) is 4.86. The zero-order valence-electron chi connectivity index (χ0n) is 21.5. The lowest BCUT2D eigenvalue weighted by Crippen LogP contribution is -2.38. The van der Waals surface area contributed by atoms with E-state index >= 15 is 0 Å². The van der Waals surface area contributed by atoms with E-state index in [1.54, 1.807) is 0 Å². The number of piperidine rings is 1. The number of halogens is 1. The summed E-state index contributed by atoms with van der Waals surface area (Å²) in [5.41, 5.74) is 3.94. The van der Waals surface area contributed by atoms with Gasteiger partial charge in [-0.05, 0) is 72.9 Å². The largest absolute Gasteiger partial charge is 0.459 e. The highest BCUT2D eigenvalue weighted by atomic mass is 35.5. The Balaban J connectivity index is 1.38. The molecule has 6 rings (SSSR count). The van der Waals surface area contributed by atoms with Crippen molar-refractivity contribution in [3.05, 3.63) is 102 Å². The summed E-state index contributed by atoms with van der Waals surface area (Å²) in [5.74, 6) is 2.92. The van der Waals surface area contributed by atoms with Crippen LogP contribution in [0.4, 0.5) is 11.4 Å². The van der Waals surface area contributed by atoms with Crippen molar-refractivity contribution in [2.24, 2.45) is 11.8 Å². The minimum absolute atomic E-state index is 0.180. The number of rotatable bonds is 5. The van der Waals surface area contributed by atoms with Crippen LogP contribution in [-0.4, -0.2) is 23.2 Å². The van der Waals surface area contributed by atoms with Crippen LogP contribution in [0.15, 0.2) is 89.5 Å². The van der Waals surface area contributed by atoms with E-state index in [2.05, 4.69) is 58.2 Å². The molecule has 2 aliphatic rings. The van der Waals surface area contributed by atoms with Gasteiger partial charge >= 0.3 is 0 Å². The molecule has 0 saturated carbocycles. The van der Waals surface area contributed by atoms with E-state index in [0.29, 0.717) is 16.9 Å². The Morgan fingerprint density at radius 1 is 0.947 bits per heavy atom. The number of furan rings is 1. The number of nitrogens with one attached hydrogen (secondary N) is 1. The summed E-state index contributed by atoms with van der Waals surface area (Å²) >= 11 is 12.8. The number of hydrogen-bond acceptors (Lipinski definition) is 4. The third-order valence-electron chi connectivity index (χ3n) is 7.49. The van der Waals surface area contributed by atoms with E-state index in [1.165, 1.54) is 6.42 Å². The molecule has 2 aromatic carbocycles. The van der Waals surface area contributed by atoms with Crippen LogP contribution in [0, 0.1) is 11.8 Å². The van der Waals surface area contributed by atoms with Crippen LogP contribution < -0.4 is 15.1 Å². The van der Waals surface area contributed by atoms with Gasteiger partial charge in [-0.2, -0.15) is 0 Å². The average molecular weight is 543 g/mol. The predicted octanol–water partition coefficient (Wildman–Crippen LogP) is 7.65. The molecule has 7 heteroatoms. The highest BCUT2D eigenvalue weighted by Crippen LogP contribution is 2.44. The van der Waals surface area contributed by atoms with Crippen LogP contribution >= 0.6 is 23.8 Å². The van der Waals surface area contributed by atoms with E-state index < -0.39 is 0 Å². The van der Waals surface area contributed by atoms with E-state index in [0.717, 1.165) is 52.3 Å². The number of aromatic nitrogens is 1. The maximum absolute atomic E-state index is 6.95. The van der Waals surface area contributed by atoms with Crippen LogP contribution in [0.2, 0.25) is 5.02 Å². The van der Waals surface area contributed by atoms with Gasteiger partial charge in [0.1, 0.15) is 17.6 Å². The van der Waals surface area contributed by atoms with Crippen molar-refractivity contribution in [2.75, 3.05) is 22.9 Å². The Morgan fingerprint density at radius 3 is 2.42 bits per heavy atom. The second-order valence-corrected chi connectivity index (χ2v) is 11.3. The van der Waals surface area contributed by atoms with E-state index in [-0.39, 0.29) is 12.1 Å². The van der Waals surface area contributed by atoms with Crippen LogP contribution in [-0.2, 0) is 0 Å². The minimum atomic E-state index is -0.230. The highest BCUT2D eigenvalue weighted by molar-refractivity contribution is 7.80. The number of nitrogens with zero attached hydrogens (tertiary/aromatic N) is 3. The topological polar surface area (TPSA) is 44.5 Å². The Morgan fingerprint density at radius 2 is 1.71 bits per heavy atom. The fourth-order valence-electron chi connectivity index (χ4n) is 5.95. The van der Waals surface area contributed by atoms with E-state index in [1.807, 2.05) is 60.8 Å². The minimum Gasteiger partial charge on any atom is -0.459 e. The third kappa shape index (κ3) is 4.79. The van der Waals surface area contributed by atoms with Crippen molar-refractivity contribution < 1.29 is 4.42 Å². The molecule has 5 nitrogen and oxygen atoms in total. The Bertz CT molecular complexity index is 1420. The molecular weight excluding hydrogens is 512 g/mol. The number of benzene rings is 2. The van der Waals surface area contributed by atoms with Crippen molar-refractivity contribution in [3.63, 3.8) is 0 Å². The third-order valence-corrected chi connectivity index (χ3v) is 8.11. The van der Waals surface area contributed by atoms with Crippen LogP contribution in [0.5, 0.6) is 0 Å². The van der Waals surface area contributed by atoms with Gasteiger partial charge in [-0.15, -0.1) is 0 Å². The lowest BCUT2D eigenvalue weighted by molar-refractivity contribution is 0.357. The van der Waals surface area contributed by atoms with E-state index in [4.69, 9.17) is 28.2 Å². The zero-order chi connectivity index (χ0) is 26.2. The standard InChI is InChI=1S/C31H31ClN4OS/c1-20-16-21(2)19-35(18-20)26-12-11-23(17-24(26)32)36-30(29(34-31(36)38)25-10-6-7-15-33-25)28-14-13-27(37-28)22-8-4-3-5-9-22/h3-15,17,20-21,29-30H,16,18-19H2,1-2H3,(H,34,38)/t20-,21+,29-,30+/m1/s1. The van der Waals surface area contributed by atoms with Crippen LogP contribution in [0.3, 0.4) is 0 Å². The molecule has 2 fully saturated rings. The van der Waals surface area contributed by atoms with Crippen LogP contribution in [0.1, 0.15) is 43.8 Å². The van der Waals surface area contributed by atoms with Gasteiger partial charge in [0.2, 0.25) is 0 Å². The molecule has 4 heterocycles. The first-order valence-corrected chi connectivity index (χ1v) is 14.0. The van der Waals surface area contributed by atoms with Gasteiger partial charge in [-0.1, -0.05) is 61.8 Å². The summed E-state index contributed by atoms with van der Waals surface area (Å²) in [7, 11) is 0. The molecule has 0 amide bonds. The molecule has 194 valence electrons. The van der Waals surface area contributed by atoms with Crippen molar-refractivity contribution in [3.8, 4) is 11.3 Å². The first-order chi connectivity index (χ1) is 18.5. The number of pyridine rings is 1. The second-order valence-electron chi connectivity index (χ2n) is 10.6. The molecule has 2 saturated heterocycles. The maximum atomic E-state index is 6.95. The molecule has 2 aromatic heterocycles. The van der Waals surface area contributed by atoms with Gasteiger partial charge in [0.15, 0.2) is 5.11 Å². The van der Waals surface area contributed by atoms with Crippen molar-refractivity contribution in [2.45, 2.75) is 32.4 Å². The van der Waals surface area contributed by atoms with Gasteiger partial charge in [0.05, 0.1) is 22.4 Å². The fourth-order valence-corrected chi connectivity index (χ4v) is 6.59. The summed E-state index contributed by atoms with van der Waals surface area (Å²) in [4.78, 5) is 9.17. The van der Waals surface area contributed by atoms with Gasteiger partial charge in [0.25, 0.3) is 0 Å². The lowest BCUT2D eigenvalue weighted by Gasteiger charge is -2.37. The Kier molecular flexibility index (Phi) is 6.85. The molecule has 0 radical (unpaired) electrons. The highest BCUT2D eigenvalue weighted by Gasteiger charge is 2.43. The second kappa shape index (κ2) is 10.4. The van der Waals surface area contributed by atoms with Gasteiger partial charge in [0, 0.05) is 30.5 Å². The predicted molar refractivity (Wildman–Crippen MR) is 159 cm³/mol. The fraction of sp³-hybridized carbons (Fsp3) is 0.290. The monoisotopic (exact) mass is 542 g/mol. The lowest BCUT2D eigenvalue weighted by atomic mass is 9.91. The summed E-state index contributed by atoms with van der Waals surface area (Å²) in [6, 6.07) is 26.0. The number of hydrogen-bond donors (Lipinski definition) is 1. The van der Waals surface area contributed by atoms with Crippen molar-refractivity contribution in [1.29, 1.82) is 0 Å². The maximum Gasteiger partial charge on any atom is 0.174 e. The van der Waals surface area contributed by atoms with Gasteiger partial charge < -0.3 is 19.5 Å². The molecule has 1 N–H and O–H groups in total. The molecule has 0 spiro atoms. The normalized spacial score (nSPS) is 23.5. The summed E-state index contributed by atoms with van der Waals surface area (Å²) in [6.45, 7) is 6.67. The Labute approximate surface area is 234 Å². The Hall–Kier alpha value is -3.35. The first-order valence-electron chi connectivity index (χ1n) is 13.2. The molecule has 0 unspecified atom stereocenters. The number of thiocarbonyl (C=S) groups is 1. The molecule has 4 aromatic rings. The van der Waals surface area contributed by atoms with Crippen LogP contribution in [0.25, 0.3) is 11.3 Å². The quantitative estimate of drug-likeness (QED) is 0.261. The van der Waals surface area contributed by atoms with Gasteiger partial charge in [-0.3, -0.25) is 4.98 Å².